The van der Waals surface area contributed by atoms with E-state index < -0.39 is 11.8 Å². The summed E-state index contributed by atoms with van der Waals surface area (Å²) < 4.78 is 16.9. The van der Waals surface area contributed by atoms with E-state index >= 15 is 0 Å². The van der Waals surface area contributed by atoms with E-state index in [2.05, 4.69) is 21.2 Å². The van der Waals surface area contributed by atoms with E-state index in [1.807, 2.05) is 35.6 Å². The molecule has 0 radical (unpaired) electrons. The Hall–Kier alpha value is -3.84. The number of nitrogens with zero attached hydrogens (tertiary/aromatic N) is 1. The molecule has 204 valence electrons. The van der Waals surface area contributed by atoms with Gasteiger partial charge in [-0.3, -0.25) is 14.4 Å². The van der Waals surface area contributed by atoms with Crippen LogP contribution in [0.4, 0.5) is 5.69 Å². The Morgan fingerprint density at radius 3 is 2.44 bits per heavy atom. The van der Waals surface area contributed by atoms with Crippen LogP contribution in [0.5, 0.6) is 17.2 Å². The Morgan fingerprint density at radius 2 is 1.74 bits per heavy atom. The molecule has 12 heteroatoms. The van der Waals surface area contributed by atoms with Gasteiger partial charge in [-0.2, -0.15) is 5.10 Å². The molecule has 10 nitrogen and oxygen atoms in total. The standard InChI is InChI=1S/C27H26ClIN4O6/c1-16-4-7-19(28)12-22(16)32-24(34)15-39-25-21(29)10-18(11-23(25)38-3)14-31-33-27(36)26(35)30-13-17-5-8-20(37-2)9-6-17/h4-12,14H,13,15H2,1-3H3,(H,30,35)(H,32,34)(H,33,36)/b31-14-. The number of ether oxygens (including phenoxy) is 3. The minimum atomic E-state index is -0.915. The average molecular weight is 665 g/mol. The molecule has 0 saturated carbocycles. The van der Waals surface area contributed by atoms with Gasteiger partial charge in [-0.25, -0.2) is 5.43 Å². The summed E-state index contributed by atoms with van der Waals surface area (Å²) in [5, 5.41) is 9.65. The van der Waals surface area contributed by atoms with Gasteiger partial charge in [0.2, 0.25) is 0 Å². The molecule has 3 amide bonds. The van der Waals surface area contributed by atoms with E-state index in [0.717, 1.165) is 11.1 Å². The lowest BCUT2D eigenvalue weighted by Crippen LogP contribution is -2.37. The molecule has 0 heterocycles. The fraction of sp³-hybridized carbons (Fsp3) is 0.185. The third kappa shape index (κ3) is 8.86. The molecule has 0 unspecified atom stereocenters. The van der Waals surface area contributed by atoms with Crippen molar-refractivity contribution in [3.63, 3.8) is 0 Å². The van der Waals surface area contributed by atoms with Gasteiger partial charge in [0.15, 0.2) is 18.1 Å². The topological polar surface area (TPSA) is 127 Å². The number of anilines is 1. The number of hydrazone groups is 1. The van der Waals surface area contributed by atoms with E-state index in [1.165, 1.54) is 13.3 Å². The van der Waals surface area contributed by atoms with E-state index in [1.54, 1.807) is 55.6 Å². The van der Waals surface area contributed by atoms with E-state index in [9.17, 15) is 14.4 Å². The number of hydrogen-bond acceptors (Lipinski definition) is 7. The maximum Gasteiger partial charge on any atom is 0.329 e. The van der Waals surface area contributed by atoms with Crippen LogP contribution in [-0.4, -0.2) is 44.8 Å². The van der Waals surface area contributed by atoms with Gasteiger partial charge in [-0.05, 0) is 82.6 Å². The number of carbonyl (C=O) groups is 3. The molecule has 0 atom stereocenters. The molecule has 3 N–H and O–H groups in total. The van der Waals surface area contributed by atoms with Crippen molar-refractivity contribution < 1.29 is 28.6 Å². The zero-order valence-electron chi connectivity index (χ0n) is 21.3. The number of benzene rings is 3. The first-order chi connectivity index (χ1) is 18.7. The smallest absolute Gasteiger partial charge is 0.329 e. The molecule has 39 heavy (non-hydrogen) atoms. The first-order valence-corrected chi connectivity index (χ1v) is 13.0. The monoisotopic (exact) mass is 664 g/mol. The minimum absolute atomic E-state index is 0.174. The van der Waals surface area contributed by atoms with Crippen molar-refractivity contribution in [1.29, 1.82) is 0 Å². The van der Waals surface area contributed by atoms with Crippen LogP contribution in [0.15, 0.2) is 59.7 Å². The third-order valence-corrected chi connectivity index (χ3v) is 6.31. The molecule has 0 aliphatic carbocycles. The number of nitrogens with one attached hydrogen (secondary N) is 3. The van der Waals surface area contributed by atoms with Crippen LogP contribution in [-0.2, 0) is 20.9 Å². The lowest BCUT2D eigenvalue weighted by atomic mass is 10.2. The maximum absolute atomic E-state index is 12.4. The number of rotatable bonds is 10. The second kappa shape index (κ2) is 14.4. The van der Waals surface area contributed by atoms with Gasteiger partial charge in [0.05, 0.1) is 24.0 Å². The quantitative estimate of drug-likeness (QED) is 0.130. The largest absolute Gasteiger partial charge is 0.497 e. The van der Waals surface area contributed by atoms with Crippen molar-refractivity contribution in [2.75, 3.05) is 26.1 Å². The van der Waals surface area contributed by atoms with Gasteiger partial charge in [0, 0.05) is 17.3 Å². The van der Waals surface area contributed by atoms with Gasteiger partial charge in [0.1, 0.15) is 5.75 Å². The highest BCUT2D eigenvalue weighted by Crippen LogP contribution is 2.33. The summed E-state index contributed by atoms with van der Waals surface area (Å²) in [4.78, 5) is 36.5. The van der Waals surface area contributed by atoms with Crippen LogP contribution < -0.4 is 30.3 Å². The predicted molar refractivity (Wildman–Crippen MR) is 157 cm³/mol. The molecule has 3 aromatic carbocycles. The van der Waals surface area contributed by atoms with Gasteiger partial charge in [0.25, 0.3) is 5.91 Å². The Balaban J connectivity index is 1.54. The fourth-order valence-corrected chi connectivity index (χ4v) is 4.18. The summed E-state index contributed by atoms with van der Waals surface area (Å²) in [7, 11) is 3.02. The molecule has 0 aliphatic heterocycles. The molecular weight excluding hydrogens is 639 g/mol. The van der Waals surface area contributed by atoms with Crippen LogP contribution in [0.2, 0.25) is 5.02 Å². The molecular formula is C27H26ClIN4O6. The van der Waals surface area contributed by atoms with E-state index in [-0.39, 0.29) is 19.1 Å². The zero-order chi connectivity index (χ0) is 28.4. The molecule has 0 aliphatic rings. The summed E-state index contributed by atoms with van der Waals surface area (Å²) in [6.07, 6.45) is 1.36. The van der Waals surface area contributed by atoms with Gasteiger partial charge < -0.3 is 24.8 Å². The second-order valence-electron chi connectivity index (χ2n) is 8.06. The van der Waals surface area contributed by atoms with Crippen LogP contribution in [0, 0.1) is 10.5 Å². The number of aryl methyl sites for hydroxylation is 1. The maximum atomic E-state index is 12.4. The lowest BCUT2D eigenvalue weighted by molar-refractivity contribution is -0.139. The van der Waals surface area contributed by atoms with Crippen molar-refractivity contribution in [2.24, 2.45) is 5.10 Å². The summed E-state index contributed by atoms with van der Waals surface area (Å²) in [6.45, 7) is 1.78. The SMILES string of the molecule is COc1ccc(CNC(=O)C(=O)N/N=C\c2cc(I)c(OCC(=O)Nc3cc(Cl)ccc3C)c(OC)c2)cc1. The lowest BCUT2D eigenvalue weighted by Gasteiger charge is -2.14. The van der Waals surface area contributed by atoms with E-state index in [4.69, 9.17) is 25.8 Å². The fourth-order valence-electron chi connectivity index (χ4n) is 3.23. The van der Waals surface area contributed by atoms with Crippen LogP contribution in [0.1, 0.15) is 16.7 Å². The normalized spacial score (nSPS) is 10.6. The van der Waals surface area contributed by atoms with Crippen molar-refractivity contribution in [1.82, 2.24) is 10.7 Å². The number of halogens is 2. The Labute approximate surface area is 244 Å². The van der Waals surface area contributed by atoms with Crippen molar-refractivity contribution in [3.05, 3.63) is 79.9 Å². The first-order valence-electron chi connectivity index (χ1n) is 11.5. The second-order valence-corrected chi connectivity index (χ2v) is 9.66. The summed E-state index contributed by atoms with van der Waals surface area (Å²) in [5.74, 6) is -0.685. The Bertz CT molecular complexity index is 1380. The zero-order valence-corrected chi connectivity index (χ0v) is 24.3. The highest BCUT2D eigenvalue weighted by atomic mass is 127. The number of amides is 3. The molecule has 0 saturated heterocycles. The molecule has 3 rings (SSSR count). The highest BCUT2D eigenvalue weighted by Gasteiger charge is 2.15. The summed E-state index contributed by atoms with van der Waals surface area (Å²) in [6, 6.07) is 15.6. The summed E-state index contributed by atoms with van der Waals surface area (Å²) >= 11 is 8.04. The number of hydrogen-bond donors (Lipinski definition) is 3. The predicted octanol–water partition coefficient (Wildman–Crippen LogP) is 4.05. The molecule has 0 aromatic heterocycles. The van der Waals surface area contributed by atoms with Gasteiger partial charge in [-0.15, -0.1) is 0 Å². The van der Waals surface area contributed by atoms with Crippen molar-refractivity contribution in [3.8, 4) is 17.2 Å². The molecule has 3 aromatic rings. The Morgan fingerprint density at radius 1 is 1.00 bits per heavy atom. The van der Waals surface area contributed by atoms with Crippen molar-refractivity contribution in [2.45, 2.75) is 13.5 Å². The third-order valence-electron chi connectivity index (χ3n) is 5.27. The molecule has 0 fully saturated rings. The molecule has 0 bridgehead atoms. The van der Waals surface area contributed by atoms with E-state index in [0.29, 0.717) is 37.1 Å². The Kier molecular flexibility index (Phi) is 10.9. The number of methoxy groups -OCH3 is 2. The van der Waals surface area contributed by atoms with Crippen LogP contribution in [0.25, 0.3) is 0 Å². The molecule has 0 spiro atoms. The van der Waals surface area contributed by atoms with Gasteiger partial charge in [-0.1, -0.05) is 29.8 Å². The van der Waals surface area contributed by atoms with Crippen LogP contribution in [0.3, 0.4) is 0 Å². The number of carbonyl (C=O) groups excluding carboxylic acids is 3. The van der Waals surface area contributed by atoms with Gasteiger partial charge >= 0.3 is 11.8 Å². The van der Waals surface area contributed by atoms with Crippen molar-refractivity contribution >= 4 is 63.8 Å². The van der Waals surface area contributed by atoms with Crippen LogP contribution >= 0.6 is 34.2 Å². The highest BCUT2D eigenvalue weighted by molar-refractivity contribution is 14.1. The summed E-state index contributed by atoms with van der Waals surface area (Å²) in [5.41, 5.74) is 5.03. The first kappa shape index (κ1) is 29.7. The minimum Gasteiger partial charge on any atom is -0.497 e. The average Bonchev–Trinajstić information content (AvgIpc) is 2.93.